The van der Waals surface area contributed by atoms with Crippen molar-refractivity contribution < 1.29 is 14.5 Å². The topological polar surface area (TPSA) is 69.4 Å². The molecule has 0 saturated heterocycles. The van der Waals surface area contributed by atoms with Crippen molar-refractivity contribution in [3.8, 4) is 0 Å². The predicted molar refractivity (Wildman–Crippen MR) is 89.1 cm³/mol. The lowest BCUT2D eigenvalue weighted by Crippen LogP contribution is -2.05. The van der Waals surface area contributed by atoms with Gasteiger partial charge in [-0.25, -0.2) is 4.79 Å². The zero-order valence-corrected chi connectivity index (χ0v) is 13.3. The number of hydrogen-bond acceptors (Lipinski definition) is 5. The molecular weight excluding hydrogens is 338 g/mol. The van der Waals surface area contributed by atoms with Crippen molar-refractivity contribution in [1.29, 1.82) is 0 Å². The maximum atomic E-state index is 12.2. The first kappa shape index (κ1) is 15.5. The first-order chi connectivity index (χ1) is 11.1. The summed E-state index contributed by atoms with van der Waals surface area (Å²) in [6.07, 6.45) is 0. The van der Waals surface area contributed by atoms with E-state index in [9.17, 15) is 14.9 Å². The van der Waals surface area contributed by atoms with Crippen molar-refractivity contribution in [2.75, 3.05) is 0 Å². The van der Waals surface area contributed by atoms with Crippen LogP contribution in [0.3, 0.4) is 0 Å². The quantitative estimate of drug-likeness (QED) is 0.385. The van der Waals surface area contributed by atoms with E-state index >= 15 is 0 Å². The van der Waals surface area contributed by atoms with Gasteiger partial charge < -0.3 is 4.74 Å². The molecule has 1 heterocycles. The van der Waals surface area contributed by atoms with E-state index in [1.165, 1.54) is 17.4 Å². The van der Waals surface area contributed by atoms with Gasteiger partial charge in [0.15, 0.2) is 0 Å². The van der Waals surface area contributed by atoms with Gasteiger partial charge in [-0.1, -0.05) is 41.9 Å². The number of fused-ring (bicyclic) bond motifs is 1. The molecule has 116 valence electrons. The molecule has 0 fully saturated rings. The Balaban J connectivity index is 1.82. The summed E-state index contributed by atoms with van der Waals surface area (Å²) in [5, 5.41) is 12.1. The third-order valence-corrected chi connectivity index (χ3v) is 4.92. The summed E-state index contributed by atoms with van der Waals surface area (Å²) >= 11 is 7.45. The molecule has 0 unspecified atom stereocenters. The van der Waals surface area contributed by atoms with Gasteiger partial charge in [0.1, 0.15) is 11.5 Å². The summed E-state index contributed by atoms with van der Waals surface area (Å²) in [6.45, 7) is -0.180. The molecule has 3 rings (SSSR count). The van der Waals surface area contributed by atoms with E-state index in [0.717, 1.165) is 10.1 Å². The minimum Gasteiger partial charge on any atom is -0.456 e. The number of nitrogens with zero attached hydrogens (tertiary/aromatic N) is 1. The number of esters is 1. The van der Waals surface area contributed by atoms with E-state index in [-0.39, 0.29) is 12.3 Å². The molecule has 0 atom stereocenters. The van der Waals surface area contributed by atoms with Crippen molar-refractivity contribution >= 4 is 44.7 Å². The van der Waals surface area contributed by atoms with Crippen LogP contribution in [0.5, 0.6) is 0 Å². The third kappa shape index (κ3) is 3.04. The largest absolute Gasteiger partial charge is 0.456 e. The van der Waals surface area contributed by atoms with Gasteiger partial charge in [0.2, 0.25) is 0 Å². The van der Waals surface area contributed by atoms with Crippen LogP contribution in [0.25, 0.3) is 10.1 Å². The summed E-state index contributed by atoms with van der Waals surface area (Å²) in [7, 11) is 0. The van der Waals surface area contributed by atoms with Crippen LogP contribution < -0.4 is 0 Å². The van der Waals surface area contributed by atoms with E-state index in [4.69, 9.17) is 16.3 Å². The number of hydrogen-bond donors (Lipinski definition) is 0. The Morgan fingerprint density at radius 1 is 1.17 bits per heavy atom. The van der Waals surface area contributed by atoms with Gasteiger partial charge >= 0.3 is 5.97 Å². The molecule has 0 saturated carbocycles. The summed E-state index contributed by atoms with van der Waals surface area (Å²) in [5.41, 5.74) is 0.255. The number of halogens is 1. The van der Waals surface area contributed by atoms with Gasteiger partial charge in [0, 0.05) is 16.2 Å². The van der Waals surface area contributed by atoms with E-state index in [1.54, 1.807) is 18.2 Å². The molecule has 0 N–H and O–H groups in total. The van der Waals surface area contributed by atoms with E-state index < -0.39 is 10.9 Å². The minimum absolute atomic E-state index is 0.0808. The van der Waals surface area contributed by atoms with Crippen molar-refractivity contribution in [2.24, 2.45) is 0 Å². The number of carbonyl (C=O) groups excluding carboxylic acids is 1. The monoisotopic (exact) mass is 347 g/mol. The molecule has 5 nitrogen and oxygen atoms in total. The molecule has 0 aliphatic heterocycles. The fourth-order valence-electron chi connectivity index (χ4n) is 2.17. The number of thiophene rings is 1. The second-order valence-corrected chi connectivity index (χ2v) is 6.13. The van der Waals surface area contributed by atoms with Gasteiger partial charge in [-0.05, 0) is 12.1 Å². The van der Waals surface area contributed by atoms with Crippen LogP contribution >= 0.6 is 22.9 Å². The summed E-state index contributed by atoms with van der Waals surface area (Å²) in [4.78, 5) is 23.0. The standard InChI is InChI=1S/C16H10ClNO4S/c17-14-11-6-2-4-8-13(11)23-15(14)16(19)22-9-10-5-1-3-7-12(10)18(20)21/h1-8H,9H2. The number of ether oxygens (including phenoxy) is 1. The lowest BCUT2D eigenvalue weighted by Gasteiger charge is -2.04. The Morgan fingerprint density at radius 2 is 1.87 bits per heavy atom. The number of benzene rings is 2. The van der Waals surface area contributed by atoms with Crippen LogP contribution in [0.4, 0.5) is 5.69 Å². The zero-order valence-electron chi connectivity index (χ0n) is 11.7. The fraction of sp³-hybridized carbons (Fsp3) is 0.0625. The number of rotatable bonds is 4. The summed E-state index contributed by atoms with van der Waals surface area (Å²) in [6, 6.07) is 13.5. The number of para-hydroxylation sites is 1. The fourth-order valence-corrected chi connectivity index (χ4v) is 3.57. The Bertz CT molecular complexity index is 906. The van der Waals surface area contributed by atoms with Crippen LogP contribution in [0.15, 0.2) is 48.5 Å². The second kappa shape index (κ2) is 6.36. The third-order valence-electron chi connectivity index (χ3n) is 3.27. The van der Waals surface area contributed by atoms with Crippen molar-refractivity contribution in [2.45, 2.75) is 6.61 Å². The van der Waals surface area contributed by atoms with Gasteiger partial charge in [-0.3, -0.25) is 10.1 Å². The molecule has 23 heavy (non-hydrogen) atoms. The predicted octanol–water partition coefficient (Wildman–Crippen LogP) is 4.82. The maximum absolute atomic E-state index is 12.2. The average Bonchev–Trinajstić information content (AvgIpc) is 2.90. The molecule has 0 radical (unpaired) electrons. The van der Waals surface area contributed by atoms with E-state index in [0.29, 0.717) is 15.5 Å². The number of nitro benzene ring substituents is 1. The van der Waals surface area contributed by atoms with E-state index in [2.05, 4.69) is 0 Å². The number of nitro groups is 1. The van der Waals surface area contributed by atoms with Crippen LogP contribution in [0, 0.1) is 10.1 Å². The lowest BCUT2D eigenvalue weighted by molar-refractivity contribution is -0.385. The van der Waals surface area contributed by atoms with Crippen LogP contribution in [0.2, 0.25) is 5.02 Å². The van der Waals surface area contributed by atoms with Gasteiger partial charge in [0.05, 0.1) is 15.5 Å². The highest BCUT2D eigenvalue weighted by Gasteiger charge is 2.20. The zero-order chi connectivity index (χ0) is 16.4. The highest BCUT2D eigenvalue weighted by atomic mass is 35.5. The summed E-state index contributed by atoms with van der Waals surface area (Å²) in [5.74, 6) is -0.589. The molecule has 0 bridgehead atoms. The Morgan fingerprint density at radius 3 is 2.61 bits per heavy atom. The van der Waals surface area contributed by atoms with Crippen molar-refractivity contribution in [3.63, 3.8) is 0 Å². The average molecular weight is 348 g/mol. The van der Waals surface area contributed by atoms with E-state index in [1.807, 2.05) is 24.3 Å². The molecule has 3 aromatic rings. The minimum atomic E-state index is -0.589. The van der Waals surface area contributed by atoms with Crippen LogP contribution in [-0.4, -0.2) is 10.9 Å². The second-order valence-electron chi connectivity index (χ2n) is 4.70. The Labute approximate surface area is 140 Å². The highest BCUT2D eigenvalue weighted by Crippen LogP contribution is 2.35. The SMILES string of the molecule is O=C(OCc1ccccc1[N+](=O)[O-])c1sc2ccccc2c1Cl. The molecule has 7 heteroatoms. The van der Waals surface area contributed by atoms with Crippen molar-refractivity contribution in [1.82, 2.24) is 0 Å². The van der Waals surface area contributed by atoms with Gasteiger partial charge in [-0.2, -0.15) is 0 Å². The molecule has 2 aromatic carbocycles. The smallest absolute Gasteiger partial charge is 0.350 e. The lowest BCUT2D eigenvalue weighted by atomic mass is 10.2. The molecule has 0 amide bonds. The molecule has 1 aromatic heterocycles. The first-order valence-corrected chi connectivity index (χ1v) is 7.84. The molecule has 0 aliphatic carbocycles. The molecule has 0 spiro atoms. The van der Waals surface area contributed by atoms with Crippen LogP contribution in [0.1, 0.15) is 15.2 Å². The molecular formula is C16H10ClNO4S. The summed E-state index contributed by atoms with van der Waals surface area (Å²) < 4.78 is 6.08. The van der Waals surface area contributed by atoms with Gasteiger partial charge in [0.25, 0.3) is 5.69 Å². The van der Waals surface area contributed by atoms with Gasteiger partial charge in [-0.15, -0.1) is 11.3 Å². The Kier molecular flexibility index (Phi) is 4.27. The Hall–Kier alpha value is -2.44. The maximum Gasteiger partial charge on any atom is 0.350 e. The number of carbonyl (C=O) groups is 1. The molecule has 0 aliphatic rings. The van der Waals surface area contributed by atoms with Crippen molar-refractivity contribution in [3.05, 3.63) is 74.1 Å². The van der Waals surface area contributed by atoms with Crippen LogP contribution in [-0.2, 0) is 11.3 Å². The highest BCUT2D eigenvalue weighted by molar-refractivity contribution is 7.21. The normalized spacial score (nSPS) is 10.7. The first-order valence-electron chi connectivity index (χ1n) is 6.64.